The van der Waals surface area contributed by atoms with Crippen molar-refractivity contribution in [2.45, 2.75) is 19.9 Å². The number of hydrogen-bond acceptors (Lipinski definition) is 5. The molecule has 0 aromatic carbocycles. The van der Waals surface area contributed by atoms with Gasteiger partial charge in [-0.15, -0.1) is 0 Å². The second-order valence-electron chi connectivity index (χ2n) is 3.60. The third-order valence-corrected chi connectivity index (χ3v) is 2.23. The van der Waals surface area contributed by atoms with Crippen LogP contribution in [0.25, 0.3) is 0 Å². The van der Waals surface area contributed by atoms with Crippen LogP contribution in [0, 0.1) is 5.92 Å². The number of halogens is 1. The first-order chi connectivity index (χ1) is 7.54. The molecule has 0 bridgehead atoms. The highest BCUT2D eigenvalue weighted by Crippen LogP contribution is 2.12. The number of esters is 1. The molecule has 0 aliphatic heterocycles. The van der Waals surface area contributed by atoms with E-state index >= 15 is 0 Å². The SMILES string of the molecule is COC(=O)[C@H](Nc1ccnc(Cl)n1)C(C)C. The zero-order chi connectivity index (χ0) is 12.1. The van der Waals surface area contributed by atoms with Gasteiger partial charge in [0.15, 0.2) is 0 Å². The van der Waals surface area contributed by atoms with E-state index in [0.717, 1.165) is 0 Å². The van der Waals surface area contributed by atoms with Crippen LogP contribution in [0.15, 0.2) is 12.3 Å². The molecule has 1 atom stereocenters. The molecule has 0 aliphatic carbocycles. The lowest BCUT2D eigenvalue weighted by molar-refractivity contribution is -0.142. The number of anilines is 1. The number of hydrogen-bond donors (Lipinski definition) is 1. The largest absolute Gasteiger partial charge is 0.467 e. The number of carbonyl (C=O) groups excluding carboxylic acids is 1. The van der Waals surface area contributed by atoms with E-state index in [-0.39, 0.29) is 17.2 Å². The summed E-state index contributed by atoms with van der Waals surface area (Å²) in [5.41, 5.74) is 0. The second-order valence-corrected chi connectivity index (χ2v) is 3.94. The number of aromatic nitrogens is 2. The Bertz CT molecular complexity index is 371. The average molecular weight is 244 g/mol. The standard InChI is InChI=1S/C10H14ClN3O2/c1-6(2)8(9(15)16-3)13-7-4-5-12-10(11)14-7/h4-6,8H,1-3H3,(H,12,13,14)/t8-/m1/s1. The average Bonchev–Trinajstić information content (AvgIpc) is 2.24. The predicted octanol–water partition coefficient (Wildman–Crippen LogP) is 1.74. The number of nitrogens with one attached hydrogen (secondary N) is 1. The summed E-state index contributed by atoms with van der Waals surface area (Å²) < 4.78 is 4.70. The van der Waals surface area contributed by atoms with Crippen molar-refractivity contribution in [3.63, 3.8) is 0 Å². The third-order valence-electron chi connectivity index (χ3n) is 2.05. The molecule has 0 fully saturated rings. The van der Waals surface area contributed by atoms with E-state index in [4.69, 9.17) is 16.3 Å². The van der Waals surface area contributed by atoms with Crippen LogP contribution in [0.5, 0.6) is 0 Å². The molecule has 1 aromatic heterocycles. The Labute approximate surface area is 99.2 Å². The highest BCUT2D eigenvalue weighted by atomic mass is 35.5. The molecule has 0 amide bonds. The van der Waals surface area contributed by atoms with Crippen molar-refractivity contribution >= 4 is 23.4 Å². The smallest absolute Gasteiger partial charge is 0.328 e. The fraction of sp³-hybridized carbons (Fsp3) is 0.500. The Morgan fingerprint density at radius 3 is 2.75 bits per heavy atom. The number of ether oxygens (including phenoxy) is 1. The van der Waals surface area contributed by atoms with Gasteiger partial charge in [0.1, 0.15) is 11.9 Å². The molecule has 0 saturated heterocycles. The number of methoxy groups -OCH3 is 1. The maximum atomic E-state index is 11.5. The van der Waals surface area contributed by atoms with Gasteiger partial charge in [-0.1, -0.05) is 13.8 Å². The zero-order valence-corrected chi connectivity index (χ0v) is 10.2. The Morgan fingerprint density at radius 2 is 2.25 bits per heavy atom. The summed E-state index contributed by atoms with van der Waals surface area (Å²) in [7, 11) is 1.35. The van der Waals surface area contributed by atoms with Gasteiger partial charge >= 0.3 is 5.97 Å². The molecule has 1 heterocycles. The zero-order valence-electron chi connectivity index (χ0n) is 9.40. The predicted molar refractivity (Wildman–Crippen MR) is 61.3 cm³/mol. The summed E-state index contributed by atoms with van der Waals surface area (Å²) in [5, 5.41) is 3.10. The van der Waals surface area contributed by atoms with Gasteiger partial charge in [-0.25, -0.2) is 14.8 Å². The molecule has 0 spiro atoms. The molecule has 0 saturated carbocycles. The Balaban J connectivity index is 2.79. The highest BCUT2D eigenvalue weighted by molar-refractivity contribution is 6.28. The van der Waals surface area contributed by atoms with Crippen molar-refractivity contribution in [2.24, 2.45) is 5.92 Å². The molecule has 5 nitrogen and oxygen atoms in total. The molecule has 1 aromatic rings. The van der Waals surface area contributed by atoms with Gasteiger partial charge < -0.3 is 10.1 Å². The maximum absolute atomic E-state index is 11.5. The first kappa shape index (κ1) is 12.7. The highest BCUT2D eigenvalue weighted by Gasteiger charge is 2.23. The quantitative estimate of drug-likeness (QED) is 0.645. The first-order valence-corrected chi connectivity index (χ1v) is 5.25. The minimum Gasteiger partial charge on any atom is -0.467 e. The molecule has 16 heavy (non-hydrogen) atoms. The molecule has 1 rings (SSSR count). The fourth-order valence-corrected chi connectivity index (χ4v) is 1.35. The van der Waals surface area contributed by atoms with Crippen LogP contribution in [0.2, 0.25) is 5.28 Å². The van der Waals surface area contributed by atoms with E-state index < -0.39 is 6.04 Å². The van der Waals surface area contributed by atoms with Crippen LogP contribution in [-0.2, 0) is 9.53 Å². The molecular weight excluding hydrogens is 230 g/mol. The summed E-state index contributed by atoms with van der Waals surface area (Å²) in [4.78, 5) is 19.2. The fourth-order valence-electron chi connectivity index (χ4n) is 1.20. The van der Waals surface area contributed by atoms with E-state index in [1.807, 2.05) is 13.8 Å². The van der Waals surface area contributed by atoms with Gasteiger partial charge in [-0.05, 0) is 23.6 Å². The lowest BCUT2D eigenvalue weighted by atomic mass is 10.1. The number of carbonyl (C=O) groups is 1. The van der Waals surface area contributed by atoms with Crippen molar-refractivity contribution in [1.29, 1.82) is 0 Å². The first-order valence-electron chi connectivity index (χ1n) is 4.87. The van der Waals surface area contributed by atoms with Crippen LogP contribution in [0.3, 0.4) is 0 Å². The minimum atomic E-state index is -0.448. The van der Waals surface area contributed by atoms with Gasteiger partial charge in [-0.2, -0.15) is 0 Å². The monoisotopic (exact) mass is 243 g/mol. The molecule has 0 unspecified atom stereocenters. The summed E-state index contributed by atoms with van der Waals surface area (Å²) in [5.74, 6) is 0.259. The Hall–Kier alpha value is -1.36. The van der Waals surface area contributed by atoms with Crippen molar-refractivity contribution in [2.75, 3.05) is 12.4 Å². The topological polar surface area (TPSA) is 64.1 Å². The lowest BCUT2D eigenvalue weighted by Crippen LogP contribution is -2.35. The molecular formula is C10H14ClN3O2. The molecule has 0 aliphatic rings. The van der Waals surface area contributed by atoms with E-state index in [1.165, 1.54) is 13.3 Å². The van der Waals surface area contributed by atoms with E-state index in [2.05, 4.69) is 15.3 Å². The summed E-state index contributed by atoms with van der Waals surface area (Å²) in [6, 6.07) is 1.19. The lowest BCUT2D eigenvalue weighted by Gasteiger charge is -2.20. The van der Waals surface area contributed by atoms with E-state index in [9.17, 15) is 4.79 Å². The summed E-state index contributed by atoms with van der Waals surface area (Å²) in [6.07, 6.45) is 1.52. The second kappa shape index (κ2) is 5.65. The molecule has 0 radical (unpaired) electrons. The summed E-state index contributed by atoms with van der Waals surface area (Å²) in [6.45, 7) is 3.83. The van der Waals surface area contributed by atoms with Gasteiger partial charge in [0.25, 0.3) is 0 Å². The Kier molecular flexibility index (Phi) is 4.49. The van der Waals surface area contributed by atoms with Crippen molar-refractivity contribution in [1.82, 2.24) is 9.97 Å². The molecule has 1 N–H and O–H groups in total. The van der Waals surface area contributed by atoms with Gasteiger partial charge in [0.2, 0.25) is 5.28 Å². The van der Waals surface area contributed by atoms with Crippen LogP contribution < -0.4 is 5.32 Å². The van der Waals surface area contributed by atoms with Gasteiger partial charge in [0, 0.05) is 6.20 Å². The van der Waals surface area contributed by atoms with Crippen LogP contribution >= 0.6 is 11.6 Å². The summed E-state index contributed by atoms with van der Waals surface area (Å²) >= 11 is 5.64. The Morgan fingerprint density at radius 1 is 1.56 bits per heavy atom. The normalized spacial score (nSPS) is 12.3. The van der Waals surface area contributed by atoms with Crippen LogP contribution in [0.4, 0.5) is 5.82 Å². The van der Waals surface area contributed by atoms with E-state index in [1.54, 1.807) is 6.07 Å². The number of rotatable bonds is 4. The van der Waals surface area contributed by atoms with Crippen molar-refractivity contribution < 1.29 is 9.53 Å². The van der Waals surface area contributed by atoms with Crippen molar-refractivity contribution in [3.8, 4) is 0 Å². The van der Waals surface area contributed by atoms with Crippen molar-refractivity contribution in [3.05, 3.63) is 17.5 Å². The third kappa shape index (κ3) is 3.34. The van der Waals surface area contributed by atoms with Crippen LogP contribution in [0.1, 0.15) is 13.8 Å². The molecule has 6 heteroatoms. The van der Waals surface area contributed by atoms with Gasteiger partial charge in [-0.3, -0.25) is 0 Å². The minimum absolute atomic E-state index is 0.0844. The number of nitrogens with zero attached hydrogens (tertiary/aromatic N) is 2. The van der Waals surface area contributed by atoms with E-state index in [0.29, 0.717) is 5.82 Å². The molecule has 88 valence electrons. The van der Waals surface area contributed by atoms with Crippen LogP contribution in [-0.4, -0.2) is 29.1 Å². The maximum Gasteiger partial charge on any atom is 0.328 e. The van der Waals surface area contributed by atoms with Gasteiger partial charge in [0.05, 0.1) is 7.11 Å².